The third-order valence-corrected chi connectivity index (χ3v) is 4.10. The summed E-state index contributed by atoms with van der Waals surface area (Å²) in [6, 6.07) is 20.3. The van der Waals surface area contributed by atoms with Gasteiger partial charge in [-0.05, 0) is 44.5 Å². The number of rotatable bonds is 4. The van der Waals surface area contributed by atoms with Crippen molar-refractivity contribution < 1.29 is 9.53 Å². The van der Waals surface area contributed by atoms with E-state index >= 15 is 0 Å². The van der Waals surface area contributed by atoms with E-state index in [0.29, 0.717) is 12.2 Å². The highest BCUT2D eigenvalue weighted by molar-refractivity contribution is 5.93. The Hall–Kier alpha value is -2.81. The van der Waals surface area contributed by atoms with Gasteiger partial charge in [-0.2, -0.15) is 0 Å². The Morgan fingerprint density at radius 2 is 1.67 bits per heavy atom. The molecule has 1 aromatic heterocycles. The van der Waals surface area contributed by atoms with Crippen molar-refractivity contribution in [1.82, 2.24) is 4.57 Å². The van der Waals surface area contributed by atoms with Crippen LogP contribution < -0.4 is 0 Å². The van der Waals surface area contributed by atoms with Crippen molar-refractivity contribution in [2.24, 2.45) is 0 Å². The zero-order valence-corrected chi connectivity index (χ0v) is 14.2. The molecule has 0 spiro atoms. The van der Waals surface area contributed by atoms with Crippen LogP contribution in [-0.4, -0.2) is 17.1 Å². The Bertz CT molecular complexity index is 846. The molecule has 3 nitrogen and oxygen atoms in total. The van der Waals surface area contributed by atoms with E-state index in [-0.39, 0.29) is 5.97 Å². The van der Waals surface area contributed by atoms with Gasteiger partial charge in [0, 0.05) is 11.4 Å². The van der Waals surface area contributed by atoms with Gasteiger partial charge in [0.15, 0.2) is 0 Å². The molecule has 0 radical (unpaired) electrons. The molecule has 3 heteroatoms. The first-order valence-electron chi connectivity index (χ1n) is 8.13. The quantitative estimate of drug-likeness (QED) is 0.638. The first-order chi connectivity index (χ1) is 11.6. The minimum atomic E-state index is -0.280. The van der Waals surface area contributed by atoms with Gasteiger partial charge in [0.1, 0.15) is 0 Å². The molecule has 0 saturated carbocycles. The van der Waals surface area contributed by atoms with Gasteiger partial charge in [-0.15, -0.1) is 0 Å². The van der Waals surface area contributed by atoms with Crippen LogP contribution in [0.25, 0.3) is 16.9 Å². The molecule has 0 unspecified atom stereocenters. The van der Waals surface area contributed by atoms with Gasteiger partial charge in [-0.3, -0.25) is 0 Å². The third-order valence-electron chi connectivity index (χ3n) is 4.10. The second-order valence-electron chi connectivity index (χ2n) is 5.79. The van der Waals surface area contributed by atoms with E-state index in [2.05, 4.69) is 35.8 Å². The first kappa shape index (κ1) is 16.1. The van der Waals surface area contributed by atoms with E-state index < -0.39 is 0 Å². The second-order valence-corrected chi connectivity index (χ2v) is 5.79. The molecule has 0 bridgehead atoms. The summed E-state index contributed by atoms with van der Waals surface area (Å²) in [5, 5.41) is 0. The van der Waals surface area contributed by atoms with Gasteiger partial charge in [0.05, 0.1) is 17.9 Å². The number of esters is 1. The standard InChI is InChI=1S/C21H21NO2/c1-4-24-21(23)19-14-20(17-8-6-5-7-9-17)22(16(19)3)18-12-10-15(2)11-13-18/h5-14H,4H2,1-3H3. The highest BCUT2D eigenvalue weighted by atomic mass is 16.5. The van der Waals surface area contributed by atoms with Crippen molar-refractivity contribution in [3.63, 3.8) is 0 Å². The summed E-state index contributed by atoms with van der Waals surface area (Å²) in [7, 11) is 0. The summed E-state index contributed by atoms with van der Waals surface area (Å²) >= 11 is 0. The Balaban J connectivity index is 2.21. The van der Waals surface area contributed by atoms with Crippen LogP contribution in [0.2, 0.25) is 0 Å². The number of carbonyl (C=O) groups excluding carboxylic acids is 1. The Kier molecular flexibility index (Phi) is 4.52. The van der Waals surface area contributed by atoms with Crippen LogP contribution in [0, 0.1) is 13.8 Å². The molecule has 0 saturated heterocycles. The molecule has 1 heterocycles. The number of nitrogens with zero attached hydrogens (tertiary/aromatic N) is 1. The van der Waals surface area contributed by atoms with Crippen LogP contribution in [-0.2, 0) is 4.74 Å². The maximum Gasteiger partial charge on any atom is 0.339 e. The Morgan fingerprint density at radius 1 is 1.00 bits per heavy atom. The molecule has 3 rings (SSSR count). The van der Waals surface area contributed by atoms with Crippen LogP contribution in [0.1, 0.15) is 28.5 Å². The van der Waals surface area contributed by atoms with Crippen LogP contribution in [0.5, 0.6) is 0 Å². The topological polar surface area (TPSA) is 31.2 Å². The van der Waals surface area contributed by atoms with E-state index in [0.717, 1.165) is 22.6 Å². The van der Waals surface area contributed by atoms with Gasteiger partial charge in [0.25, 0.3) is 0 Å². The molecule has 0 atom stereocenters. The van der Waals surface area contributed by atoms with Crippen molar-refractivity contribution in [2.75, 3.05) is 6.61 Å². The fourth-order valence-electron chi connectivity index (χ4n) is 2.87. The fourth-order valence-corrected chi connectivity index (χ4v) is 2.87. The minimum Gasteiger partial charge on any atom is -0.462 e. The molecular formula is C21H21NO2. The van der Waals surface area contributed by atoms with Crippen LogP contribution in [0.15, 0.2) is 60.7 Å². The summed E-state index contributed by atoms with van der Waals surface area (Å²) in [5.74, 6) is -0.280. The first-order valence-corrected chi connectivity index (χ1v) is 8.13. The van der Waals surface area contributed by atoms with Gasteiger partial charge in [-0.1, -0.05) is 48.0 Å². The molecule has 24 heavy (non-hydrogen) atoms. The third kappa shape index (κ3) is 2.98. The predicted molar refractivity (Wildman–Crippen MR) is 96.6 cm³/mol. The number of carbonyl (C=O) groups is 1. The smallest absolute Gasteiger partial charge is 0.339 e. The largest absolute Gasteiger partial charge is 0.462 e. The second kappa shape index (κ2) is 6.75. The maximum absolute atomic E-state index is 12.3. The van der Waals surface area contributed by atoms with Gasteiger partial charge in [-0.25, -0.2) is 4.79 Å². The summed E-state index contributed by atoms with van der Waals surface area (Å²) in [6.07, 6.45) is 0. The van der Waals surface area contributed by atoms with Crippen molar-refractivity contribution in [1.29, 1.82) is 0 Å². The van der Waals surface area contributed by atoms with Crippen LogP contribution in [0.4, 0.5) is 0 Å². The Morgan fingerprint density at radius 3 is 2.29 bits per heavy atom. The molecule has 0 aliphatic rings. The molecule has 0 aliphatic carbocycles. The molecule has 0 fully saturated rings. The minimum absolute atomic E-state index is 0.280. The number of hydrogen-bond acceptors (Lipinski definition) is 2. The van der Waals surface area contributed by atoms with Crippen LogP contribution in [0.3, 0.4) is 0 Å². The molecule has 2 aromatic carbocycles. The van der Waals surface area contributed by atoms with E-state index in [1.54, 1.807) is 0 Å². The number of ether oxygens (including phenoxy) is 1. The predicted octanol–water partition coefficient (Wildman–Crippen LogP) is 4.94. The van der Waals surface area contributed by atoms with Gasteiger partial charge >= 0.3 is 5.97 Å². The fraction of sp³-hybridized carbons (Fsp3) is 0.190. The van der Waals surface area contributed by atoms with Crippen LogP contribution >= 0.6 is 0 Å². The SMILES string of the molecule is CCOC(=O)c1cc(-c2ccccc2)n(-c2ccc(C)cc2)c1C. The lowest BCUT2D eigenvalue weighted by Gasteiger charge is -2.12. The average Bonchev–Trinajstić information content (AvgIpc) is 2.94. The van der Waals surface area contributed by atoms with Crippen molar-refractivity contribution >= 4 is 5.97 Å². The monoisotopic (exact) mass is 319 g/mol. The van der Waals surface area contributed by atoms with E-state index in [4.69, 9.17) is 4.74 Å². The summed E-state index contributed by atoms with van der Waals surface area (Å²) in [6.45, 7) is 6.21. The molecular weight excluding hydrogens is 298 g/mol. The van der Waals surface area contributed by atoms with Crippen molar-refractivity contribution in [3.05, 3.63) is 77.5 Å². The van der Waals surface area contributed by atoms with Gasteiger partial charge in [0.2, 0.25) is 0 Å². The number of hydrogen-bond donors (Lipinski definition) is 0. The van der Waals surface area contributed by atoms with E-state index in [1.807, 2.05) is 50.2 Å². The number of aromatic nitrogens is 1. The highest BCUT2D eigenvalue weighted by Crippen LogP contribution is 2.30. The lowest BCUT2D eigenvalue weighted by molar-refractivity contribution is 0.0525. The molecule has 122 valence electrons. The maximum atomic E-state index is 12.3. The van der Waals surface area contributed by atoms with E-state index in [1.165, 1.54) is 5.56 Å². The normalized spacial score (nSPS) is 10.6. The highest BCUT2D eigenvalue weighted by Gasteiger charge is 2.20. The molecule has 0 aliphatic heterocycles. The average molecular weight is 319 g/mol. The molecule has 0 N–H and O–H groups in total. The zero-order chi connectivity index (χ0) is 17.1. The Labute approximate surface area is 142 Å². The number of aryl methyl sites for hydroxylation is 1. The lowest BCUT2D eigenvalue weighted by Crippen LogP contribution is -2.06. The van der Waals surface area contributed by atoms with Crippen molar-refractivity contribution in [2.45, 2.75) is 20.8 Å². The van der Waals surface area contributed by atoms with Crippen molar-refractivity contribution in [3.8, 4) is 16.9 Å². The number of benzene rings is 2. The molecule has 0 amide bonds. The summed E-state index contributed by atoms with van der Waals surface area (Å²) in [4.78, 5) is 12.3. The molecule has 3 aromatic rings. The van der Waals surface area contributed by atoms with Gasteiger partial charge < -0.3 is 9.30 Å². The summed E-state index contributed by atoms with van der Waals surface area (Å²) < 4.78 is 7.33. The zero-order valence-electron chi connectivity index (χ0n) is 14.2. The lowest BCUT2D eigenvalue weighted by atomic mass is 10.1. The summed E-state index contributed by atoms with van der Waals surface area (Å²) in [5.41, 5.74) is 5.78. The van der Waals surface area contributed by atoms with E-state index in [9.17, 15) is 4.79 Å².